The van der Waals surface area contributed by atoms with Gasteiger partial charge in [-0.25, -0.2) is 9.97 Å². The van der Waals surface area contributed by atoms with E-state index in [-0.39, 0.29) is 5.91 Å². The number of anilines is 1. The molecule has 1 amide bonds. The number of rotatable bonds is 5. The van der Waals surface area contributed by atoms with Gasteiger partial charge in [-0.3, -0.25) is 9.69 Å². The minimum atomic E-state index is 0.202. The molecule has 6 rings (SSSR count). The molecular weight excluding hydrogens is 350 g/mol. The van der Waals surface area contributed by atoms with Gasteiger partial charge in [0.15, 0.2) is 0 Å². The Hall–Kier alpha value is -1.69. The van der Waals surface area contributed by atoms with Crippen molar-refractivity contribution < 1.29 is 4.79 Å². The van der Waals surface area contributed by atoms with Crippen molar-refractivity contribution in [2.45, 2.75) is 51.5 Å². The highest BCUT2D eigenvalue weighted by Gasteiger charge is 2.53. The van der Waals surface area contributed by atoms with Crippen LogP contribution in [0.4, 0.5) is 5.95 Å². The van der Waals surface area contributed by atoms with Gasteiger partial charge in [-0.1, -0.05) is 0 Å². The van der Waals surface area contributed by atoms with Crippen LogP contribution in [0.1, 0.15) is 45.4 Å². The molecule has 1 aromatic heterocycles. The van der Waals surface area contributed by atoms with Gasteiger partial charge >= 0.3 is 0 Å². The highest BCUT2D eigenvalue weighted by atomic mass is 16.2. The maximum Gasteiger partial charge on any atom is 0.234 e. The summed E-state index contributed by atoms with van der Waals surface area (Å²) in [6.07, 6.45) is 12.0. The zero-order valence-electron chi connectivity index (χ0n) is 17.0. The molecule has 4 bridgehead atoms. The van der Waals surface area contributed by atoms with Crippen LogP contribution >= 0.6 is 0 Å². The minimum absolute atomic E-state index is 0.202. The third kappa shape index (κ3) is 3.51. The topological polar surface area (TPSA) is 61.4 Å². The summed E-state index contributed by atoms with van der Waals surface area (Å²) in [6, 6.07) is 2.15. The number of hydrogen-bond donors (Lipinski definition) is 1. The molecule has 1 atom stereocenters. The van der Waals surface area contributed by atoms with Crippen LogP contribution in [-0.4, -0.2) is 59.5 Å². The van der Waals surface area contributed by atoms with Crippen molar-refractivity contribution >= 4 is 11.9 Å². The van der Waals surface area contributed by atoms with E-state index in [4.69, 9.17) is 0 Å². The molecule has 1 aliphatic heterocycles. The minimum Gasteiger partial charge on any atom is -0.352 e. The Morgan fingerprint density at radius 1 is 1.07 bits per heavy atom. The Morgan fingerprint density at radius 3 is 2.21 bits per heavy atom. The first-order valence-corrected chi connectivity index (χ1v) is 11.1. The third-order valence-corrected chi connectivity index (χ3v) is 7.96. The first kappa shape index (κ1) is 18.3. The van der Waals surface area contributed by atoms with E-state index >= 15 is 0 Å². The standard InChI is InChI=1S/C22H33N5O/c1-16(22-12-17-9-18(13-22)11-19(10-17)14-22)25-20(28)15-26-5-7-27(8-6-26)21-23-3-2-4-24-21/h2-4,16-19H,5-15H2,1H3,(H,25,28)/t16-,17?,18?,19?,22?/m0/s1. The van der Waals surface area contributed by atoms with Crippen molar-refractivity contribution in [1.82, 2.24) is 20.2 Å². The monoisotopic (exact) mass is 383 g/mol. The SMILES string of the molecule is C[C@H](NC(=O)CN1CCN(c2ncccn2)CC1)C12CC3CC(CC(C3)C1)C2. The van der Waals surface area contributed by atoms with Crippen LogP contribution in [0, 0.1) is 23.2 Å². The van der Waals surface area contributed by atoms with Gasteiger partial charge in [-0.05, 0) is 74.7 Å². The lowest BCUT2D eigenvalue weighted by Crippen LogP contribution is -2.57. The molecule has 28 heavy (non-hydrogen) atoms. The molecule has 4 saturated carbocycles. The summed E-state index contributed by atoms with van der Waals surface area (Å²) in [5, 5.41) is 3.41. The summed E-state index contributed by atoms with van der Waals surface area (Å²) in [5.41, 5.74) is 0.383. The molecule has 1 saturated heterocycles. The second-order valence-corrected chi connectivity index (χ2v) is 9.88. The number of carbonyl (C=O) groups is 1. The Labute approximate surface area is 168 Å². The molecule has 5 aliphatic rings. The van der Waals surface area contributed by atoms with Crippen molar-refractivity contribution in [3.8, 4) is 0 Å². The average molecular weight is 384 g/mol. The first-order valence-electron chi connectivity index (χ1n) is 11.1. The van der Waals surface area contributed by atoms with E-state index in [1.807, 2.05) is 6.07 Å². The lowest BCUT2D eigenvalue weighted by atomic mass is 9.48. The molecule has 6 heteroatoms. The smallest absolute Gasteiger partial charge is 0.234 e. The molecule has 4 aliphatic carbocycles. The van der Waals surface area contributed by atoms with Crippen LogP contribution in [0.5, 0.6) is 0 Å². The summed E-state index contributed by atoms with van der Waals surface area (Å²) >= 11 is 0. The quantitative estimate of drug-likeness (QED) is 0.846. The molecule has 1 N–H and O–H groups in total. The van der Waals surface area contributed by atoms with Crippen LogP contribution in [0.25, 0.3) is 0 Å². The van der Waals surface area contributed by atoms with Crippen LogP contribution in [0.2, 0.25) is 0 Å². The summed E-state index contributed by atoms with van der Waals surface area (Å²) in [7, 11) is 0. The summed E-state index contributed by atoms with van der Waals surface area (Å²) in [4.78, 5) is 25.9. The molecule has 2 heterocycles. The van der Waals surface area contributed by atoms with Gasteiger partial charge in [0, 0.05) is 44.6 Å². The van der Waals surface area contributed by atoms with Gasteiger partial charge in [0.1, 0.15) is 0 Å². The largest absolute Gasteiger partial charge is 0.352 e. The number of nitrogens with one attached hydrogen (secondary N) is 1. The van der Waals surface area contributed by atoms with Gasteiger partial charge in [0.05, 0.1) is 6.54 Å². The molecular formula is C22H33N5O. The van der Waals surface area contributed by atoms with Gasteiger partial charge in [0.2, 0.25) is 11.9 Å². The fourth-order valence-electron chi connectivity index (χ4n) is 6.91. The van der Waals surface area contributed by atoms with E-state index in [1.165, 1.54) is 38.5 Å². The number of hydrogen-bond acceptors (Lipinski definition) is 5. The summed E-state index contributed by atoms with van der Waals surface area (Å²) < 4.78 is 0. The van der Waals surface area contributed by atoms with Crippen LogP contribution < -0.4 is 10.2 Å². The highest BCUT2D eigenvalue weighted by molar-refractivity contribution is 5.78. The first-order chi connectivity index (χ1) is 13.6. The molecule has 0 spiro atoms. The van der Waals surface area contributed by atoms with Gasteiger partial charge in [-0.2, -0.15) is 0 Å². The molecule has 5 fully saturated rings. The van der Waals surface area contributed by atoms with E-state index in [0.29, 0.717) is 18.0 Å². The fraction of sp³-hybridized carbons (Fsp3) is 0.773. The molecule has 152 valence electrons. The van der Waals surface area contributed by atoms with Crippen LogP contribution in [-0.2, 0) is 4.79 Å². The molecule has 0 unspecified atom stereocenters. The molecule has 1 aromatic rings. The maximum absolute atomic E-state index is 12.8. The second-order valence-electron chi connectivity index (χ2n) is 9.88. The number of nitrogens with zero attached hydrogens (tertiary/aromatic N) is 4. The fourth-order valence-corrected chi connectivity index (χ4v) is 6.91. The van der Waals surface area contributed by atoms with E-state index < -0.39 is 0 Å². The van der Waals surface area contributed by atoms with Crippen molar-refractivity contribution in [3.05, 3.63) is 18.5 Å². The maximum atomic E-state index is 12.8. The van der Waals surface area contributed by atoms with Crippen molar-refractivity contribution in [3.63, 3.8) is 0 Å². The van der Waals surface area contributed by atoms with Gasteiger partial charge < -0.3 is 10.2 Å². The second kappa shape index (κ2) is 7.29. The Balaban J connectivity index is 1.12. The van der Waals surface area contributed by atoms with E-state index in [2.05, 4.69) is 32.0 Å². The molecule has 0 aromatic carbocycles. The zero-order chi connectivity index (χ0) is 19.1. The average Bonchev–Trinajstić information content (AvgIpc) is 2.68. The third-order valence-electron chi connectivity index (χ3n) is 7.96. The lowest BCUT2D eigenvalue weighted by Gasteiger charge is -2.59. The van der Waals surface area contributed by atoms with Gasteiger partial charge in [-0.15, -0.1) is 0 Å². The van der Waals surface area contributed by atoms with E-state index in [1.54, 1.807) is 12.4 Å². The molecule has 0 radical (unpaired) electrons. The highest BCUT2D eigenvalue weighted by Crippen LogP contribution is 2.61. The summed E-state index contributed by atoms with van der Waals surface area (Å²) in [5.74, 6) is 3.78. The Morgan fingerprint density at radius 2 is 1.64 bits per heavy atom. The van der Waals surface area contributed by atoms with Crippen molar-refractivity contribution in [1.29, 1.82) is 0 Å². The Kier molecular flexibility index (Phi) is 4.77. The van der Waals surface area contributed by atoms with E-state index in [0.717, 1.165) is 49.9 Å². The predicted molar refractivity (Wildman–Crippen MR) is 109 cm³/mol. The Bertz CT molecular complexity index is 665. The zero-order valence-corrected chi connectivity index (χ0v) is 17.0. The number of aromatic nitrogens is 2. The van der Waals surface area contributed by atoms with Crippen LogP contribution in [0.15, 0.2) is 18.5 Å². The number of carbonyl (C=O) groups excluding carboxylic acids is 1. The van der Waals surface area contributed by atoms with Crippen LogP contribution in [0.3, 0.4) is 0 Å². The van der Waals surface area contributed by atoms with Crippen molar-refractivity contribution in [2.24, 2.45) is 23.2 Å². The number of piperazine rings is 1. The predicted octanol–water partition coefficient (Wildman–Crippen LogP) is 2.32. The van der Waals surface area contributed by atoms with Gasteiger partial charge in [0.25, 0.3) is 0 Å². The lowest BCUT2D eigenvalue weighted by molar-refractivity contribution is -0.127. The molecule has 6 nitrogen and oxygen atoms in total. The normalized spacial score (nSPS) is 35.8. The number of amides is 1. The van der Waals surface area contributed by atoms with Crippen molar-refractivity contribution in [2.75, 3.05) is 37.6 Å². The summed E-state index contributed by atoms with van der Waals surface area (Å²) in [6.45, 7) is 6.31. The van der Waals surface area contributed by atoms with E-state index in [9.17, 15) is 4.79 Å².